The lowest BCUT2D eigenvalue weighted by Crippen LogP contribution is -2.18. The zero-order chi connectivity index (χ0) is 14.4. The van der Waals surface area contributed by atoms with Crippen LogP contribution in [0.25, 0.3) is 0 Å². The van der Waals surface area contributed by atoms with Crippen molar-refractivity contribution in [1.29, 1.82) is 0 Å². The van der Waals surface area contributed by atoms with E-state index in [2.05, 4.69) is 12.2 Å². The minimum atomic E-state index is -0.108. The first-order valence-electron chi connectivity index (χ1n) is 5.98. The summed E-state index contributed by atoms with van der Waals surface area (Å²) in [5, 5.41) is 3.69. The maximum Gasteiger partial charge on any atom is 0.234 e. The number of halogens is 2. The van der Waals surface area contributed by atoms with Gasteiger partial charge in [0.25, 0.3) is 0 Å². The summed E-state index contributed by atoms with van der Waals surface area (Å²) in [6.07, 6.45) is 0. The Morgan fingerprint density at radius 1 is 1.47 bits per heavy atom. The van der Waals surface area contributed by atoms with Crippen LogP contribution in [0.5, 0.6) is 0 Å². The molecule has 1 amide bonds. The number of thioether (sulfide) groups is 1. The molecule has 1 rings (SSSR count). The predicted octanol–water partition coefficient (Wildman–Crippen LogP) is 3.57. The Balaban J connectivity index is 2.56. The molecule has 0 saturated carbocycles. The number of rotatable bonds is 6. The number of hydrogen-bond acceptors (Lipinski definition) is 3. The molecule has 0 fully saturated rings. The second-order valence-electron chi connectivity index (χ2n) is 4.46. The SMILES string of the molecule is Cc1ccc(Cl)c(NC(=O)CSCC(C)CN)c1Cl. The largest absolute Gasteiger partial charge is 0.330 e. The van der Waals surface area contributed by atoms with Crippen LogP contribution >= 0.6 is 35.0 Å². The highest BCUT2D eigenvalue weighted by molar-refractivity contribution is 7.99. The molecule has 0 spiro atoms. The van der Waals surface area contributed by atoms with Gasteiger partial charge in [0.1, 0.15) is 0 Å². The van der Waals surface area contributed by atoms with E-state index in [4.69, 9.17) is 28.9 Å². The average Bonchev–Trinajstić information content (AvgIpc) is 2.39. The van der Waals surface area contributed by atoms with Crippen LogP contribution in [-0.4, -0.2) is 24.0 Å². The van der Waals surface area contributed by atoms with Gasteiger partial charge in [-0.1, -0.05) is 36.2 Å². The molecule has 0 aromatic heterocycles. The molecular weight excluding hydrogens is 303 g/mol. The van der Waals surface area contributed by atoms with E-state index in [-0.39, 0.29) is 5.91 Å². The third-order valence-electron chi connectivity index (χ3n) is 2.59. The minimum Gasteiger partial charge on any atom is -0.330 e. The van der Waals surface area contributed by atoms with Crippen LogP contribution in [-0.2, 0) is 4.79 Å². The van der Waals surface area contributed by atoms with Gasteiger partial charge in [-0.3, -0.25) is 4.79 Å². The van der Waals surface area contributed by atoms with E-state index in [1.165, 1.54) is 0 Å². The predicted molar refractivity (Wildman–Crippen MR) is 85.4 cm³/mol. The van der Waals surface area contributed by atoms with E-state index in [1.54, 1.807) is 17.8 Å². The lowest BCUT2D eigenvalue weighted by atomic mass is 10.2. The lowest BCUT2D eigenvalue weighted by molar-refractivity contribution is -0.113. The van der Waals surface area contributed by atoms with E-state index < -0.39 is 0 Å². The van der Waals surface area contributed by atoms with Crippen molar-refractivity contribution in [3.63, 3.8) is 0 Å². The number of aryl methyl sites for hydroxylation is 1. The first-order valence-corrected chi connectivity index (χ1v) is 7.89. The summed E-state index contributed by atoms with van der Waals surface area (Å²) in [6, 6.07) is 3.54. The molecule has 1 unspecified atom stereocenters. The topological polar surface area (TPSA) is 55.1 Å². The summed E-state index contributed by atoms with van der Waals surface area (Å²) in [4.78, 5) is 11.8. The summed E-state index contributed by atoms with van der Waals surface area (Å²) in [5.41, 5.74) is 6.89. The second kappa shape index (κ2) is 8.00. The number of carbonyl (C=O) groups excluding carboxylic acids is 1. The first-order chi connectivity index (χ1) is 8.95. The average molecular weight is 321 g/mol. The molecule has 3 nitrogen and oxygen atoms in total. The molecule has 0 aliphatic carbocycles. The normalized spacial score (nSPS) is 12.3. The van der Waals surface area contributed by atoms with Gasteiger partial charge < -0.3 is 11.1 Å². The number of benzene rings is 1. The van der Waals surface area contributed by atoms with E-state index in [0.717, 1.165) is 11.3 Å². The summed E-state index contributed by atoms with van der Waals surface area (Å²) in [7, 11) is 0. The summed E-state index contributed by atoms with van der Waals surface area (Å²) < 4.78 is 0. The Morgan fingerprint density at radius 2 is 2.16 bits per heavy atom. The molecule has 106 valence electrons. The number of nitrogens with two attached hydrogens (primary N) is 1. The van der Waals surface area contributed by atoms with Crippen LogP contribution in [0.4, 0.5) is 5.69 Å². The zero-order valence-corrected chi connectivity index (χ0v) is 13.3. The standard InChI is InChI=1S/C13H18Cl2N2OS/c1-8(5-16)6-19-7-11(18)17-13-10(14)4-3-9(2)12(13)15/h3-4,8H,5-7,16H2,1-2H3,(H,17,18). The number of anilines is 1. The molecule has 6 heteroatoms. The highest BCUT2D eigenvalue weighted by Crippen LogP contribution is 2.32. The quantitative estimate of drug-likeness (QED) is 0.842. The monoisotopic (exact) mass is 320 g/mol. The maximum absolute atomic E-state index is 11.8. The van der Waals surface area contributed by atoms with Gasteiger partial charge in [-0.05, 0) is 36.8 Å². The number of amides is 1. The Hall–Kier alpha value is -0.420. The number of carbonyl (C=O) groups is 1. The highest BCUT2D eigenvalue weighted by atomic mass is 35.5. The molecule has 1 aromatic rings. The fourth-order valence-corrected chi connectivity index (χ4v) is 2.75. The third-order valence-corrected chi connectivity index (χ3v) is 4.66. The van der Waals surface area contributed by atoms with Crippen molar-refractivity contribution in [3.8, 4) is 0 Å². The van der Waals surface area contributed by atoms with Gasteiger partial charge in [0.15, 0.2) is 0 Å². The minimum absolute atomic E-state index is 0.108. The van der Waals surface area contributed by atoms with Gasteiger partial charge in [-0.15, -0.1) is 0 Å². The van der Waals surface area contributed by atoms with Crippen molar-refractivity contribution in [2.45, 2.75) is 13.8 Å². The Kier molecular flexibility index (Phi) is 7.00. The molecule has 0 heterocycles. The Bertz CT molecular complexity index is 455. The molecule has 0 saturated heterocycles. The van der Waals surface area contributed by atoms with Gasteiger partial charge in [0.05, 0.1) is 21.5 Å². The van der Waals surface area contributed by atoms with Gasteiger partial charge in [0.2, 0.25) is 5.91 Å². The second-order valence-corrected chi connectivity index (χ2v) is 6.27. The third kappa shape index (κ3) is 5.22. The molecule has 1 aromatic carbocycles. The van der Waals surface area contributed by atoms with E-state index in [1.807, 2.05) is 13.0 Å². The molecule has 1 atom stereocenters. The van der Waals surface area contributed by atoms with Crippen molar-refractivity contribution in [1.82, 2.24) is 0 Å². The molecule has 19 heavy (non-hydrogen) atoms. The molecule has 3 N–H and O–H groups in total. The van der Waals surface area contributed by atoms with Crippen LogP contribution in [0.3, 0.4) is 0 Å². The van der Waals surface area contributed by atoms with Crippen LogP contribution < -0.4 is 11.1 Å². The Labute approximate surface area is 128 Å². The van der Waals surface area contributed by atoms with Crippen molar-refractivity contribution in [2.75, 3.05) is 23.4 Å². The van der Waals surface area contributed by atoms with Crippen LogP contribution in [0.1, 0.15) is 12.5 Å². The van der Waals surface area contributed by atoms with Crippen molar-refractivity contribution in [2.24, 2.45) is 11.7 Å². The molecule has 0 aliphatic rings. The van der Waals surface area contributed by atoms with E-state index >= 15 is 0 Å². The molecule has 0 radical (unpaired) electrons. The van der Waals surface area contributed by atoms with Crippen LogP contribution in [0.15, 0.2) is 12.1 Å². The van der Waals surface area contributed by atoms with E-state index in [0.29, 0.717) is 33.9 Å². The summed E-state index contributed by atoms with van der Waals surface area (Å²) >= 11 is 13.7. The van der Waals surface area contributed by atoms with Gasteiger partial charge in [-0.2, -0.15) is 11.8 Å². The van der Waals surface area contributed by atoms with Crippen molar-refractivity contribution < 1.29 is 4.79 Å². The maximum atomic E-state index is 11.8. The molecule has 0 aliphatic heterocycles. The fourth-order valence-electron chi connectivity index (χ4n) is 1.37. The van der Waals surface area contributed by atoms with Gasteiger partial charge >= 0.3 is 0 Å². The number of hydrogen-bond donors (Lipinski definition) is 2. The van der Waals surface area contributed by atoms with Crippen LogP contribution in [0, 0.1) is 12.8 Å². The van der Waals surface area contributed by atoms with Gasteiger partial charge in [-0.25, -0.2) is 0 Å². The first kappa shape index (κ1) is 16.6. The van der Waals surface area contributed by atoms with Gasteiger partial charge in [0, 0.05) is 0 Å². The smallest absolute Gasteiger partial charge is 0.234 e. The highest BCUT2D eigenvalue weighted by Gasteiger charge is 2.12. The number of nitrogens with one attached hydrogen (secondary N) is 1. The molecular formula is C13H18Cl2N2OS. The summed E-state index contributed by atoms with van der Waals surface area (Å²) in [5.74, 6) is 1.53. The van der Waals surface area contributed by atoms with E-state index in [9.17, 15) is 4.79 Å². The zero-order valence-electron chi connectivity index (χ0n) is 11.0. The van der Waals surface area contributed by atoms with Crippen molar-refractivity contribution in [3.05, 3.63) is 27.7 Å². The molecule has 0 bridgehead atoms. The van der Waals surface area contributed by atoms with Crippen LogP contribution in [0.2, 0.25) is 10.0 Å². The summed E-state index contributed by atoms with van der Waals surface area (Å²) in [6.45, 7) is 4.55. The van der Waals surface area contributed by atoms with Crippen molar-refractivity contribution >= 4 is 46.6 Å². The lowest BCUT2D eigenvalue weighted by Gasteiger charge is -2.12. The fraction of sp³-hybridized carbons (Fsp3) is 0.462. The Morgan fingerprint density at radius 3 is 2.79 bits per heavy atom.